The van der Waals surface area contributed by atoms with Gasteiger partial charge in [-0.25, -0.2) is 0 Å². The molecule has 3 nitrogen and oxygen atoms in total. The van der Waals surface area contributed by atoms with E-state index in [0.29, 0.717) is 23.6 Å². The predicted molar refractivity (Wildman–Crippen MR) is 117 cm³/mol. The van der Waals surface area contributed by atoms with Gasteiger partial charge in [0.05, 0.1) is 0 Å². The normalized spacial score (nSPS) is 19.3. The highest BCUT2D eigenvalue weighted by molar-refractivity contribution is 6.02. The minimum atomic E-state index is -0.316. The molecule has 0 aromatic heterocycles. The molecular weight excluding hydrogens is 332 g/mol. The van der Waals surface area contributed by atoms with Crippen LogP contribution in [0.15, 0.2) is 58.9 Å². The molecule has 0 amide bonds. The molecule has 0 spiro atoms. The van der Waals surface area contributed by atoms with Gasteiger partial charge in [-0.05, 0) is 57.1 Å². The number of ketones is 1. The smallest absolute Gasteiger partial charge is 0.169 e. The van der Waals surface area contributed by atoms with E-state index in [0.717, 1.165) is 31.3 Å². The molecule has 3 atom stereocenters. The maximum Gasteiger partial charge on any atom is 0.169 e. The van der Waals surface area contributed by atoms with E-state index in [4.69, 9.17) is 11.5 Å². The van der Waals surface area contributed by atoms with Crippen LogP contribution in [0.2, 0.25) is 0 Å². The van der Waals surface area contributed by atoms with E-state index in [-0.39, 0.29) is 17.7 Å². The molecule has 0 radical (unpaired) electrons. The van der Waals surface area contributed by atoms with Crippen LogP contribution in [0.5, 0.6) is 0 Å². The Hall–Kier alpha value is -1.87. The van der Waals surface area contributed by atoms with Crippen molar-refractivity contribution in [3.63, 3.8) is 0 Å². The van der Waals surface area contributed by atoms with Crippen LogP contribution in [-0.4, -0.2) is 11.8 Å². The predicted octanol–water partition coefficient (Wildman–Crippen LogP) is 5.36. The maximum atomic E-state index is 13.0. The summed E-state index contributed by atoms with van der Waals surface area (Å²) in [5.41, 5.74) is 17.0. The van der Waals surface area contributed by atoms with E-state index in [9.17, 15) is 4.79 Å². The van der Waals surface area contributed by atoms with Crippen LogP contribution in [0.4, 0.5) is 0 Å². The Morgan fingerprint density at radius 1 is 1.37 bits per heavy atom. The average Bonchev–Trinajstić information content (AvgIpc) is 2.60. The minimum absolute atomic E-state index is 0.00224. The van der Waals surface area contributed by atoms with Gasteiger partial charge in [0.1, 0.15) is 0 Å². The van der Waals surface area contributed by atoms with Gasteiger partial charge in [-0.15, -0.1) is 0 Å². The fourth-order valence-electron chi connectivity index (χ4n) is 3.55. The van der Waals surface area contributed by atoms with Crippen LogP contribution in [0.25, 0.3) is 0 Å². The average molecular weight is 371 g/mol. The van der Waals surface area contributed by atoms with Gasteiger partial charge in [0.25, 0.3) is 0 Å². The van der Waals surface area contributed by atoms with Gasteiger partial charge in [-0.1, -0.05) is 63.1 Å². The van der Waals surface area contributed by atoms with Gasteiger partial charge >= 0.3 is 0 Å². The molecule has 0 aromatic rings. The standard InChI is InChI=1S/C24H38N2O/c1-7-9-10-12-17(4)20-14-18(5)23(22(26)15-20)24(27)19(6)21(25)13-16(3)11-8-2/h7,9,13,15,17,19,21H,5,8,10-12,14,25-26H2,1-4,6H3/b9-7+,16-13+. The number of nitrogens with two attached hydrogens (primary N) is 2. The van der Waals surface area contributed by atoms with Crippen molar-refractivity contribution in [3.8, 4) is 0 Å². The summed E-state index contributed by atoms with van der Waals surface area (Å²) in [6.07, 6.45) is 13.2. The zero-order valence-electron chi connectivity index (χ0n) is 17.8. The van der Waals surface area contributed by atoms with Crippen molar-refractivity contribution in [2.24, 2.45) is 23.3 Å². The molecule has 150 valence electrons. The summed E-state index contributed by atoms with van der Waals surface area (Å²) in [6, 6.07) is -0.303. The molecule has 0 saturated heterocycles. The van der Waals surface area contributed by atoms with E-state index in [1.54, 1.807) is 0 Å². The Morgan fingerprint density at radius 3 is 2.59 bits per heavy atom. The Labute approximate surface area is 166 Å². The largest absolute Gasteiger partial charge is 0.398 e. The quantitative estimate of drug-likeness (QED) is 0.509. The molecule has 0 bridgehead atoms. The van der Waals surface area contributed by atoms with Gasteiger partial charge in [-0.2, -0.15) is 0 Å². The summed E-state index contributed by atoms with van der Waals surface area (Å²) in [4.78, 5) is 13.0. The maximum absolute atomic E-state index is 13.0. The number of hydrogen-bond donors (Lipinski definition) is 2. The van der Waals surface area contributed by atoms with E-state index < -0.39 is 0 Å². The molecular formula is C24H38N2O. The lowest BCUT2D eigenvalue weighted by atomic mass is 9.79. The van der Waals surface area contributed by atoms with Crippen molar-refractivity contribution in [1.82, 2.24) is 0 Å². The van der Waals surface area contributed by atoms with E-state index in [1.807, 2.05) is 26.0 Å². The highest BCUT2D eigenvalue weighted by Gasteiger charge is 2.29. The summed E-state index contributed by atoms with van der Waals surface area (Å²) in [6.45, 7) is 14.5. The summed E-state index contributed by atoms with van der Waals surface area (Å²) < 4.78 is 0. The number of Topliss-reactive ketones (excluding diaryl/α,β-unsaturated/α-hetero) is 1. The monoisotopic (exact) mass is 370 g/mol. The highest BCUT2D eigenvalue weighted by atomic mass is 16.1. The number of carbonyl (C=O) groups is 1. The third-order valence-electron chi connectivity index (χ3n) is 5.39. The second kappa shape index (κ2) is 11.1. The summed E-state index contributed by atoms with van der Waals surface area (Å²) in [7, 11) is 0. The molecule has 0 aromatic carbocycles. The van der Waals surface area contributed by atoms with Gasteiger partial charge in [0.15, 0.2) is 5.78 Å². The van der Waals surface area contributed by atoms with Crippen LogP contribution >= 0.6 is 0 Å². The number of carbonyl (C=O) groups excluding carboxylic acids is 1. The molecule has 3 unspecified atom stereocenters. The third kappa shape index (κ3) is 6.66. The highest BCUT2D eigenvalue weighted by Crippen LogP contribution is 2.33. The topological polar surface area (TPSA) is 69.1 Å². The molecule has 27 heavy (non-hydrogen) atoms. The summed E-state index contributed by atoms with van der Waals surface area (Å²) in [5.74, 6) is 0.110. The van der Waals surface area contributed by atoms with Gasteiger partial charge < -0.3 is 11.5 Å². The Kier molecular flexibility index (Phi) is 9.51. The lowest BCUT2D eigenvalue weighted by Crippen LogP contribution is -2.34. The number of rotatable bonds is 10. The lowest BCUT2D eigenvalue weighted by Gasteiger charge is -2.26. The Balaban J connectivity index is 2.97. The van der Waals surface area contributed by atoms with Crippen molar-refractivity contribution in [2.75, 3.05) is 0 Å². The van der Waals surface area contributed by atoms with Crippen LogP contribution in [0, 0.1) is 11.8 Å². The molecule has 0 aliphatic heterocycles. The SMILES string of the molecule is C=C1CC(C(C)CC/C=C/C)=CC(N)=C1C(=O)C(C)C(N)/C=C(\C)CCC. The van der Waals surface area contributed by atoms with Crippen molar-refractivity contribution in [2.45, 2.75) is 72.8 Å². The Morgan fingerprint density at radius 2 is 2.04 bits per heavy atom. The molecule has 1 aliphatic carbocycles. The number of hydrogen-bond acceptors (Lipinski definition) is 3. The first-order chi connectivity index (χ1) is 12.7. The summed E-state index contributed by atoms with van der Waals surface area (Å²) >= 11 is 0. The van der Waals surface area contributed by atoms with Gasteiger partial charge in [-0.3, -0.25) is 4.79 Å². The first kappa shape index (κ1) is 23.2. The van der Waals surface area contributed by atoms with Crippen LogP contribution in [0.1, 0.15) is 66.7 Å². The second-order valence-electron chi connectivity index (χ2n) is 7.87. The lowest BCUT2D eigenvalue weighted by molar-refractivity contribution is -0.118. The van der Waals surface area contributed by atoms with Crippen LogP contribution < -0.4 is 11.5 Å². The molecule has 1 aliphatic rings. The zero-order valence-corrected chi connectivity index (χ0v) is 17.8. The summed E-state index contributed by atoms with van der Waals surface area (Å²) in [5, 5.41) is 0. The fraction of sp³-hybridized carbons (Fsp3) is 0.542. The van der Waals surface area contributed by atoms with E-state index >= 15 is 0 Å². The Bertz CT molecular complexity index is 664. The molecule has 0 fully saturated rings. The van der Waals surface area contributed by atoms with E-state index in [1.165, 1.54) is 11.1 Å². The molecule has 0 saturated carbocycles. The number of allylic oxidation sites excluding steroid dienone is 7. The van der Waals surface area contributed by atoms with Crippen molar-refractivity contribution < 1.29 is 4.79 Å². The van der Waals surface area contributed by atoms with Crippen molar-refractivity contribution in [3.05, 3.63) is 58.9 Å². The van der Waals surface area contributed by atoms with Crippen LogP contribution in [0.3, 0.4) is 0 Å². The van der Waals surface area contributed by atoms with Gasteiger partial charge in [0.2, 0.25) is 0 Å². The minimum Gasteiger partial charge on any atom is -0.398 e. The zero-order chi connectivity index (χ0) is 20.6. The molecule has 4 N–H and O–H groups in total. The van der Waals surface area contributed by atoms with E-state index in [2.05, 4.69) is 39.5 Å². The molecule has 1 rings (SSSR count). The third-order valence-corrected chi connectivity index (χ3v) is 5.39. The van der Waals surface area contributed by atoms with Gasteiger partial charge in [0, 0.05) is 23.2 Å². The molecule has 3 heteroatoms. The van der Waals surface area contributed by atoms with Crippen molar-refractivity contribution >= 4 is 5.78 Å². The fourth-order valence-corrected chi connectivity index (χ4v) is 3.55. The first-order valence-electron chi connectivity index (χ1n) is 10.2. The van der Waals surface area contributed by atoms with Crippen LogP contribution in [-0.2, 0) is 4.79 Å². The first-order valence-corrected chi connectivity index (χ1v) is 10.2. The van der Waals surface area contributed by atoms with Crippen molar-refractivity contribution in [1.29, 1.82) is 0 Å². The second-order valence-corrected chi connectivity index (χ2v) is 7.87. The molecule has 0 heterocycles.